The second kappa shape index (κ2) is 6.32. The van der Waals surface area contributed by atoms with Gasteiger partial charge in [0.25, 0.3) is 0 Å². The first-order valence-corrected chi connectivity index (χ1v) is 6.99. The van der Waals surface area contributed by atoms with Crippen molar-refractivity contribution in [2.45, 2.75) is 17.6 Å². The standard InChI is InChI=1S/C15H11ClF3NOS/c16-11-5-10(15(17,18)19)4-9(6-20)13(11)14-8(7-21)2-1-3-12(14)22/h1-5,7,22H,6,20H2. The first-order valence-electron chi connectivity index (χ1n) is 6.16. The molecule has 0 heterocycles. The molecule has 2 nitrogen and oxygen atoms in total. The van der Waals surface area contributed by atoms with Crippen LogP contribution in [0.15, 0.2) is 35.2 Å². The van der Waals surface area contributed by atoms with Gasteiger partial charge in [0, 0.05) is 33.2 Å². The van der Waals surface area contributed by atoms with Crippen LogP contribution in [-0.4, -0.2) is 6.29 Å². The molecule has 0 radical (unpaired) electrons. The van der Waals surface area contributed by atoms with E-state index in [1.54, 1.807) is 12.1 Å². The summed E-state index contributed by atoms with van der Waals surface area (Å²) in [6.45, 7) is -0.153. The van der Waals surface area contributed by atoms with Crippen molar-refractivity contribution >= 4 is 30.5 Å². The molecule has 0 amide bonds. The van der Waals surface area contributed by atoms with E-state index in [9.17, 15) is 18.0 Å². The van der Waals surface area contributed by atoms with Gasteiger partial charge in [-0.05, 0) is 23.8 Å². The average Bonchev–Trinajstić information content (AvgIpc) is 2.45. The summed E-state index contributed by atoms with van der Waals surface area (Å²) in [7, 11) is 0. The molecule has 2 aromatic carbocycles. The Kier molecular flexibility index (Phi) is 4.84. The SMILES string of the molecule is NCc1cc(C(F)(F)F)cc(Cl)c1-c1c(S)cccc1C=O. The first kappa shape index (κ1) is 16.9. The molecule has 0 unspecified atom stereocenters. The Morgan fingerprint density at radius 2 is 1.91 bits per heavy atom. The van der Waals surface area contributed by atoms with Crippen LogP contribution in [0, 0.1) is 0 Å². The molecule has 0 aliphatic heterocycles. The number of aldehydes is 1. The number of carbonyl (C=O) groups is 1. The molecule has 2 rings (SSSR count). The number of hydrogen-bond acceptors (Lipinski definition) is 3. The number of alkyl halides is 3. The summed E-state index contributed by atoms with van der Waals surface area (Å²) >= 11 is 10.3. The predicted octanol–water partition coefficient (Wildman–Crippen LogP) is 4.59. The normalized spacial score (nSPS) is 11.5. The predicted molar refractivity (Wildman–Crippen MR) is 82.4 cm³/mol. The summed E-state index contributed by atoms with van der Waals surface area (Å²) in [6, 6.07) is 6.55. The highest BCUT2D eigenvalue weighted by molar-refractivity contribution is 7.80. The fraction of sp³-hybridized carbons (Fsp3) is 0.133. The van der Waals surface area contributed by atoms with Crippen LogP contribution >= 0.6 is 24.2 Å². The summed E-state index contributed by atoms with van der Waals surface area (Å²) in [4.78, 5) is 11.6. The van der Waals surface area contributed by atoms with Crippen molar-refractivity contribution < 1.29 is 18.0 Å². The van der Waals surface area contributed by atoms with Crippen molar-refractivity contribution in [1.82, 2.24) is 0 Å². The Labute approximate surface area is 135 Å². The van der Waals surface area contributed by atoms with Crippen molar-refractivity contribution in [3.63, 3.8) is 0 Å². The van der Waals surface area contributed by atoms with Gasteiger partial charge in [0.2, 0.25) is 0 Å². The molecule has 22 heavy (non-hydrogen) atoms. The monoisotopic (exact) mass is 345 g/mol. The van der Waals surface area contributed by atoms with Gasteiger partial charge in [0.1, 0.15) is 0 Å². The number of benzene rings is 2. The second-order valence-electron chi connectivity index (χ2n) is 4.55. The van der Waals surface area contributed by atoms with Crippen LogP contribution in [0.5, 0.6) is 0 Å². The molecular weight excluding hydrogens is 335 g/mol. The highest BCUT2D eigenvalue weighted by Crippen LogP contribution is 2.41. The topological polar surface area (TPSA) is 43.1 Å². The lowest BCUT2D eigenvalue weighted by atomic mass is 9.94. The average molecular weight is 346 g/mol. The zero-order chi connectivity index (χ0) is 16.5. The lowest BCUT2D eigenvalue weighted by molar-refractivity contribution is -0.137. The van der Waals surface area contributed by atoms with E-state index >= 15 is 0 Å². The van der Waals surface area contributed by atoms with Crippen LogP contribution in [0.2, 0.25) is 5.02 Å². The second-order valence-corrected chi connectivity index (χ2v) is 5.44. The van der Waals surface area contributed by atoms with Crippen LogP contribution in [-0.2, 0) is 12.7 Å². The maximum absolute atomic E-state index is 12.9. The van der Waals surface area contributed by atoms with E-state index in [1.807, 2.05) is 0 Å². The molecule has 0 aliphatic carbocycles. The molecule has 116 valence electrons. The minimum absolute atomic E-state index is 0.125. The Morgan fingerprint density at radius 1 is 1.23 bits per heavy atom. The lowest BCUT2D eigenvalue weighted by Gasteiger charge is -2.17. The van der Waals surface area contributed by atoms with Crippen LogP contribution < -0.4 is 5.73 Å². The van der Waals surface area contributed by atoms with Gasteiger partial charge in [0.15, 0.2) is 6.29 Å². The molecule has 7 heteroatoms. The van der Waals surface area contributed by atoms with Crippen molar-refractivity contribution in [1.29, 1.82) is 0 Å². The Balaban J connectivity index is 2.80. The van der Waals surface area contributed by atoms with Crippen molar-refractivity contribution in [3.8, 4) is 11.1 Å². The number of hydrogen-bond donors (Lipinski definition) is 2. The largest absolute Gasteiger partial charge is 0.416 e. The van der Waals surface area contributed by atoms with Crippen molar-refractivity contribution in [2.24, 2.45) is 5.73 Å². The molecule has 0 saturated carbocycles. The molecule has 0 spiro atoms. The third kappa shape index (κ3) is 3.14. The number of carbonyl (C=O) groups excluding carboxylic acids is 1. The molecular formula is C15H11ClF3NOS. The van der Waals surface area contributed by atoms with Gasteiger partial charge < -0.3 is 5.73 Å². The summed E-state index contributed by atoms with van der Waals surface area (Å²) in [6.07, 6.45) is -3.93. The molecule has 0 atom stereocenters. The lowest BCUT2D eigenvalue weighted by Crippen LogP contribution is -2.09. The highest BCUT2D eigenvalue weighted by atomic mass is 35.5. The van der Waals surface area contributed by atoms with E-state index in [-0.39, 0.29) is 22.7 Å². The summed E-state index contributed by atoms with van der Waals surface area (Å²) in [5, 5.41) is -0.125. The van der Waals surface area contributed by atoms with Gasteiger partial charge in [-0.3, -0.25) is 4.79 Å². The quantitative estimate of drug-likeness (QED) is 0.631. The van der Waals surface area contributed by atoms with Crippen LogP contribution in [0.25, 0.3) is 11.1 Å². The number of thiol groups is 1. The Hall–Kier alpha value is -1.50. The minimum Gasteiger partial charge on any atom is -0.326 e. The van der Waals surface area contributed by atoms with Gasteiger partial charge in [-0.15, -0.1) is 12.6 Å². The van der Waals surface area contributed by atoms with E-state index in [1.165, 1.54) is 6.07 Å². The fourth-order valence-electron chi connectivity index (χ4n) is 2.20. The minimum atomic E-state index is -4.53. The summed E-state index contributed by atoms with van der Waals surface area (Å²) in [5.74, 6) is 0. The van der Waals surface area contributed by atoms with Gasteiger partial charge in [0.05, 0.1) is 5.56 Å². The zero-order valence-corrected chi connectivity index (χ0v) is 12.8. The van der Waals surface area contributed by atoms with Crippen molar-refractivity contribution in [2.75, 3.05) is 0 Å². The van der Waals surface area contributed by atoms with Gasteiger partial charge >= 0.3 is 6.18 Å². The zero-order valence-electron chi connectivity index (χ0n) is 11.1. The number of nitrogens with two attached hydrogens (primary N) is 1. The molecule has 0 aliphatic rings. The third-order valence-corrected chi connectivity index (χ3v) is 3.84. The first-order chi connectivity index (χ1) is 10.3. The maximum atomic E-state index is 12.9. The molecule has 0 aromatic heterocycles. The molecule has 0 bridgehead atoms. The van der Waals surface area contributed by atoms with E-state index in [2.05, 4.69) is 12.6 Å². The van der Waals surface area contributed by atoms with E-state index in [0.717, 1.165) is 12.1 Å². The Bertz CT molecular complexity index is 731. The Morgan fingerprint density at radius 3 is 2.45 bits per heavy atom. The third-order valence-electron chi connectivity index (χ3n) is 3.17. The van der Waals surface area contributed by atoms with Crippen LogP contribution in [0.4, 0.5) is 13.2 Å². The maximum Gasteiger partial charge on any atom is 0.416 e. The van der Waals surface area contributed by atoms with E-state index < -0.39 is 11.7 Å². The van der Waals surface area contributed by atoms with Crippen LogP contribution in [0.1, 0.15) is 21.5 Å². The smallest absolute Gasteiger partial charge is 0.326 e. The van der Waals surface area contributed by atoms with Crippen molar-refractivity contribution in [3.05, 3.63) is 52.0 Å². The fourth-order valence-corrected chi connectivity index (χ4v) is 2.86. The van der Waals surface area contributed by atoms with E-state index in [4.69, 9.17) is 17.3 Å². The van der Waals surface area contributed by atoms with E-state index in [0.29, 0.717) is 22.3 Å². The molecule has 2 aromatic rings. The molecule has 0 saturated heterocycles. The highest BCUT2D eigenvalue weighted by Gasteiger charge is 2.32. The number of rotatable bonds is 3. The molecule has 2 N–H and O–H groups in total. The summed E-state index contributed by atoms with van der Waals surface area (Å²) in [5.41, 5.74) is 5.84. The summed E-state index contributed by atoms with van der Waals surface area (Å²) < 4.78 is 38.6. The van der Waals surface area contributed by atoms with Gasteiger partial charge in [-0.25, -0.2) is 0 Å². The molecule has 0 fully saturated rings. The van der Waals surface area contributed by atoms with Gasteiger partial charge in [-0.2, -0.15) is 13.2 Å². The number of halogens is 4. The van der Waals surface area contributed by atoms with Crippen LogP contribution in [0.3, 0.4) is 0 Å². The van der Waals surface area contributed by atoms with Gasteiger partial charge in [-0.1, -0.05) is 23.7 Å².